The van der Waals surface area contributed by atoms with Gasteiger partial charge in [0.25, 0.3) is 5.69 Å². The monoisotopic (exact) mass is 363 g/mol. The van der Waals surface area contributed by atoms with Gasteiger partial charge in [-0.25, -0.2) is 4.79 Å². The molecule has 6 nitrogen and oxygen atoms in total. The first-order valence-corrected chi connectivity index (χ1v) is 6.97. The molecule has 2 aromatic rings. The van der Waals surface area contributed by atoms with Crippen LogP contribution in [0.5, 0.6) is 0 Å². The largest absolute Gasteiger partial charge is 0.454 e. The van der Waals surface area contributed by atoms with E-state index in [1.165, 1.54) is 24.3 Å². The molecule has 0 radical (unpaired) electrons. The van der Waals surface area contributed by atoms with Crippen molar-refractivity contribution in [2.75, 3.05) is 6.61 Å². The zero-order valence-corrected chi connectivity index (χ0v) is 12.8. The lowest BCUT2D eigenvalue weighted by Crippen LogP contribution is -2.14. The number of esters is 1. The van der Waals surface area contributed by atoms with Gasteiger partial charge in [0.05, 0.1) is 10.5 Å². The summed E-state index contributed by atoms with van der Waals surface area (Å²) in [7, 11) is 0. The summed E-state index contributed by atoms with van der Waals surface area (Å²) in [5.41, 5.74) is 0.436. The third kappa shape index (κ3) is 3.76. The van der Waals surface area contributed by atoms with Gasteiger partial charge in [-0.05, 0) is 18.2 Å². The first-order chi connectivity index (χ1) is 10.5. The maximum Gasteiger partial charge on any atom is 0.338 e. The van der Waals surface area contributed by atoms with Crippen molar-refractivity contribution in [2.24, 2.45) is 0 Å². The molecule has 0 unspecified atom stereocenters. The molecule has 7 heteroatoms. The zero-order valence-electron chi connectivity index (χ0n) is 11.2. The van der Waals surface area contributed by atoms with Crippen LogP contribution in [0.4, 0.5) is 5.69 Å². The number of Topliss-reactive ketones (excluding diaryl/α,β-unsaturated/α-hetero) is 1. The molecule has 2 aromatic carbocycles. The number of non-ortho nitro benzene ring substituents is 1. The van der Waals surface area contributed by atoms with Crippen LogP contribution >= 0.6 is 15.9 Å². The van der Waals surface area contributed by atoms with Crippen LogP contribution < -0.4 is 0 Å². The number of carbonyl (C=O) groups is 2. The lowest BCUT2D eigenvalue weighted by Gasteiger charge is -2.05. The fourth-order valence-electron chi connectivity index (χ4n) is 1.70. The second kappa shape index (κ2) is 6.95. The van der Waals surface area contributed by atoms with Gasteiger partial charge in [-0.15, -0.1) is 0 Å². The van der Waals surface area contributed by atoms with E-state index in [0.717, 1.165) is 0 Å². The number of benzene rings is 2. The molecule has 0 heterocycles. The number of nitro benzene ring substituents is 1. The van der Waals surface area contributed by atoms with Crippen molar-refractivity contribution in [3.63, 3.8) is 0 Å². The van der Waals surface area contributed by atoms with E-state index in [9.17, 15) is 19.7 Å². The van der Waals surface area contributed by atoms with Crippen LogP contribution in [-0.2, 0) is 4.74 Å². The van der Waals surface area contributed by atoms with E-state index in [4.69, 9.17) is 4.74 Å². The molecule has 0 aromatic heterocycles. The average molecular weight is 364 g/mol. The first kappa shape index (κ1) is 15.8. The molecular weight excluding hydrogens is 354 g/mol. The number of ether oxygens (including phenoxy) is 1. The van der Waals surface area contributed by atoms with Crippen molar-refractivity contribution in [2.45, 2.75) is 0 Å². The smallest absolute Gasteiger partial charge is 0.338 e. The minimum Gasteiger partial charge on any atom is -0.454 e. The van der Waals surface area contributed by atoms with Crippen LogP contribution in [0.3, 0.4) is 0 Å². The average Bonchev–Trinajstić information content (AvgIpc) is 2.52. The molecular formula is C15H10BrNO5. The molecule has 0 N–H and O–H groups in total. The highest BCUT2D eigenvalue weighted by atomic mass is 79.9. The van der Waals surface area contributed by atoms with E-state index in [0.29, 0.717) is 10.0 Å². The molecule has 0 aliphatic carbocycles. The van der Waals surface area contributed by atoms with Gasteiger partial charge in [0.15, 0.2) is 6.61 Å². The van der Waals surface area contributed by atoms with E-state index in [1.54, 1.807) is 24.3 Å². The topological polar surface area (TPSA) is 86.5 Å². The van der Waals surface area contributed by atoms with Gasteiger partial charge in [0.2, 0.25) is 5.78 Å². The van der Waals surface area contributed by atoms with Crippen LogP contribution in [0.1, 0.15) is 20.7 Å². The second-order valence-electron chi connectivity index (χ2n) is 4.28. The molecule has 0 bridgehead atoms. The molecule has 0 aliphatic rings. The van der Waals surface area contributed by atoms with Crippen molar-refractivity contribution in [3.05, 3.63) is 74.2 Å². The van der Waals surface area contributed by atoms with Crippen LogP contribution in [0.2, 0.25) is 0 Å². The Balaban J connectivity index is 1.99. The quantitative estimate of drug-likeness (QED) is 0.351. The number of hydrogen-bond donors (Lipinski definition) is 0. The van der Waals surface area contributed by atoms with E-state index in [-0.39, 0.29) is 17.0 Å². The molecule has 2 rings (SSSR count). The van der Waals surface area contributed by atoms with Gasteiger partial charge in [0.1, 0.15) is 0 Å². The van der Waals surface area contributed by atoms with Crippen LogP contribution in [0.15, 0.2) is 53.0 Å². The number of hydrogen-bond acceptors (Lipinski definition) is 5. The number of rotatable bonds is 5. The fourth-order valence-corrected chi connectivity index (χ4v) is 2.20. The molecule has 22 heavy (non-hydrogen) atoms. The summed E-state index contributed by atoms with van der Waals surface area (Å²) in [6.07, 6.45) is 0. The highest BCUT2D eigenvalue weighted by Crippen LogP contribution is 2.17. The Morgan fingerprint density at radius 3 is 2.32 bits per heavy atom. The summed E-state index contributed by atoms with van der Waals surface area (Å²) in [6.45, 7) is -0.404. The van der Waals surface area contributed by atoms with Gasteiger partial charge in [-0.2, -0.15) is 0 Å². The summed E-state index contributed by atoms with van der Waals surface area (Å²) in [5, 5.41) is 10.5. The van der Waals surface area contributed by atoms with Gasteiger partial charge in [-0.3, -0.25) is 14.9 Å². The summed E-state index contributed by atoms with van der Waals surface area (Å²) in [5.74, 6) is -1.06. The zero-order chi connectivity index (χ0) is 16.1. The molecule has 0 atom stereocenters. The SMILES string of the molecule is O=C(OCC(=O)c1ccccc1Br)c1ccc([N+](=O)[O-])cc1. The number of ketones is 1. The Morgan fingerprint density at radius 1 is 1.09 bits per heavy atom. The van der Waals surface area contributed by atoms with Gasteiger partial charge >= 0.3 is 5.97 Å². The minimum absolute atomic E-state index is 0.124. The van der Waals surface area contributed by atoms with E-state index in [2.05, 4.69) is 15.9 Å². The third-order valence-electron chi connectivity index (χ3n) is 2.82. The Kier molecular flexibility index (Phi) is 5.00. The number of nitrogens with zero attached hydrogens (tertiary/aromatic N) is 1. The normalized spacial score (nSPS) is 10.0. The molecule has 0 amide bonds. The number of carbonyl (C=O) groups excluding carboxylic acids is 2. The maximum atomic E-state index is 11.9. The van der Waals surface area contributed by atoms with Crippen molar-refractivity contribution < 1.29 is 19.2 Å². The van der Waals surface area contributed by atoms with Crippen molar-refractivity contribution in [3.8, 4) is 0 Å². The molecule has 112 valence electrons. The van der Waals surface area contributed by atoms with Crippen LogP contribution in [0.25, 0.3) is 0 Å². The Hall–Kier alpha value is -2.54. The molecule has 0 fully saturated rings. The van der Waals surface area contributed by atoms with Gasteiger partial charge < -0.3 is 4.74 Å². The van der Waals surface area contributed by atoms with E-state index in [1.807, 2.05) is 0 Å². The van der Waals surface area contributed by atoms with Crippen molar-refractivity contribution in [1.82, 2.24) is 0 Å². The second-order valence-corrected chi connectivity index (χ2v) is 5.14. The number of nitro groups is 1. The lowest BCUT2D eigenvalue weighted by molar-refractivity contribution is -0.384. The Labute approximate surface area is 134 Å². The van der Waals surface area contributed by atoms with Gasteiger partial charge in [0, 0.05) is 22.2 Å². The highest BCUT2D eigenvalue weighted by Gasteiger charge is 2.14. The summed E-state index contributed by atoms with van der Waals surface area (Å²) >= 11 is 3.25. The molecule has 0 saturated carbocycles. The third-order valence-corrected chi connectivity index (χ3v) is 3.51. The highest BCUT2D eigenvalue weighted by molar-refractivity contribution is 9.10. The van der Waals surface area contributed by atoms with Gasteiger partial charge in [-0.1, -0.05) is 34.1 Å². The minimum atomic E-state index is -0.713. The van der Waals surface area contributed by atoms with Crippen molar-refractivity contribution >= 4 is 33.4 Å². The molecule has 0 saturated heterocycles. The summed E-state index contributed by atoms with van der Waals surface area (Å²) < 4.78 is 5.54. The van der Waals surface area contributed by atoms with Crippen molar-refractivity contribution in [1.29, 1.82) is 0 Å². The van der Waals surface area contributed by atoms with Crippen LogP contribution in [0, 0.1) is 10.1 Å². The molecule has 0 spiro atoms. The maximum absolute atomic E-state index is 11.9. The summed E-state index contributed by atoms with van der Waals surface area (Å²) in [6, 6.07) is 11.8. The first-order valence-electron chi connectivity index (χ1n) is 6.18. The number of halogens is 1. The molecule has 0 aliphatic heterocycles. The van der Waals surface area contributed by atoms with Crippen LogP contribution in [-0.4, -0.2) is 23.3 Å². The predicted molar refractivity (Wildman–Crippen MR) is 81.9 cm³/mol. The lowest BCUT2D eigenvalue weighted by atomic mass is 10.1. The fraction of sp³-hybridized carbons (Fsp3) is 0.0667. The Bertz CT molecular complexity index is 727. The standard InChI is InChI=1S/C15H10BrNO5/c16-13-4-2-1-3-12(13)14(18)9-22-15(19)10-5-7-11(8-6-10)17(20)21/h1-8H,9H2. The Morgan fingerprint density at radius 2 is 1.73 bits per heavy atom. The predicted octanol–water partition coefficient (Wildman–Crippen LogP) is 3.40. The van der Waals surface area contributed by atoms with E-state index < -0.39 is 17.5 Å². The summed E-state index contributed by atoms with van der Waals surface area (Å²) in [4.78, 5) is 33.7. The van der Waals surface area contributed by atoms with E-state index >= 15 is 0 Å².